The fourth-order valence-electron chi connectivity index (χ4n) is 1.05. The van der Waals surface area contributed by atoms with E-state index in [9.17, 15) is 8.78 Å². The first-order valence-corrected chi connectivity index (χ1v) is 4.39. The molecule has 1 aliphatic carbocycles. The van der Waals surface area contributed by atoms with Crippen LogP contribution < -0.4 is 0 Å². The molecular weight excluding hydrogens is 237 g/mol. The number of halogens is 3. The Balaban J connectivity index is 2.49. The van der Waals surface area contributed by atoms with Crippen LogP contribution in [0.4, 0.5) is 8.78 Å². The van der Waals surface area contributed by atoms with Gasteiger partial charge in [0, 0.05) is 6.42 Å². The van der Waals surface area contributed by atoms with Gasteiger partial charge in [-0.15, -0.1) is 0 Å². The van der Waals surface area contributed by atoms with E-state index in [1.54, 1.807) is 0 Å². The topological polar surface area (TPSA) is 0 Å². The molecule has 1 rings (SSSR count). The van der Waals surface area contributed by atoms with E-state index in [-0.39, 0.29) is 6.42 Å². The van der Waals surface area contributed by atoms with Crippen LogP contribution in [0.5, 0.6) is 0 Å². The number of alkyl halides is 3. The second-order valence-corrected chi connectivity index (χ2v) is 3.98. The van der Waals surface area contributed by atoms with Gasteiger partial charge < -0.3 is 0 Å². The summed E-state index contributed by atoms with van der Waals surface area (Å²) in [5, 5.41) is 0. The quantitative estimate of drug-likeness (QED) is 0.455. The minimum absolute atomic E-state index is 0.0978. The summed E-state index contributed by atoms with van der Waals surface area (Å²) in [7, 11) is 0. The van der Waals surface area contributed by atoms with Gasteiger partial charge in [0.2, 0.25) is 0 Å². The summed E-state index contributed by atoms with van der Waals surface area (Å²) in [4.78, 5) is 0. The lowest BCUT2D eigenvalue weighted by Crippen LogP contribution is -2.31. The Bertz CT molecular complexity index is 103. The first kappa shape index (κ1) is 7.69. The van der Waals surface area contributed by atoms with Crippen molar-refractivity contribution in [2.75, 3.05) is 0 Å². The minimum atomic E-state index is -2.38. The van der Waals surface area contributed by atoms with Crippen LogP contribution in [0.1, 0.15) is 25.7 Å². The van der Waals surface area contributed by atoms with E-state index < -0.39 is 9.85 Å². The zero-order chi connectivity index (χ0) is 6.91. The molecule has 0 spiro atoms. The zero-order valence-electron chi connectivity index (χ0n) is 5.04. The molecule has 0 amide bonds. The molecule has 0 radical (unpaired) electrons. The van der Waals surface area contributed by atoms with E-state index in [4.69, 9.17) is 0 Å². The largest absolute Gasteiger partial charge is 0.259 e. The van der Waals surface area contributed by atoms with Crippen molar-refractivity contribution in [3.8, 4) is 0 Å². The van der Waals surface area contributed by atoms with E-state index in [1.165, 1.54) is 0 Å². The lowest BCUT2D eigenvalue weighted by Gasteiger charge is -2.26. The lowest BCUT2D eigenvalue weighted by atomic mass is 9.97. The minimum Gasteiger partial charge on any atom is -0.206 e. The first-order chi connectivity index (χ1) is 4.13. The molecule has 0 N–H and O–H groups in total. The highest BCUT2D eigenvalue weighted by atomic mass is 127. The van der Waals surface area contributed by atoms with Crippen LogP contribution in [-0.4, -0.2) is 9.85 Å². The average Bonchev–Trinajstić information content (AvgIpc) is 1.77. The Morgan fingerprint density at radius 2 is 2.00 bits per heavy atom. The summed E-state index contributed by atoms with van der Waals surface area (Å²) in [6, 6.07) is 0. The van der Waals surface area contributed by atoms with Crippen molar-refractivity contribution in [2.24, 2.45) is 0 Å². The third-order valence-electron chi connectivity index (χ3n) is 1.68. The fourth-order valence-corrected chi connectivity index (χ4v) is 1.80. The molecule has 0 aromatic heterocycles. The van der Waals surface area contributed by atoms with Crippen LogP contribution in [0, 0.1) is 0 Å². The molecule has 3 heteroatoms. The van der Waals surface area contributed by atoms with Gasteiger partial charge in [-0.2, -0.15) is 0 Å². The molecule has 0 heterocycles. The van der Waals surface area contributed by atoms with Gasteiger partial charge in [0.1, 0.15) is 0 Å². The highest BCUT2D eigenvalue weighted by molar-refractivity contribution is 14.1. The smallest absolute Gasteiger partial charge is 0.206 e. The third kappa shape index (κ3) is 1.75. The molecule has 0 aromatic rings. The van der Waals surface area contributed by atoms with Crippen LogP contribution in [0.2, 0.25) is 0 Å². The van der Waals surface area contributed by atoms with Crippen molar-refractivity contribution in [3.63, 3.8) is 0 Å². The maximum Gasteiger partial charge on any atom is 0.259 e. The molecule has 0 aromatic carbocycles. The van der Waals surface area contributed by atoms with Gasteiger partial charge in [-0.05, 0) is 12.8 Å². The molecular formula is C6H9F2I. The van der Waals surface area contributed by atoms with E-state index in [0.717, 1.165) is 6.42 Å². The van der Waals surface area contributed by atoms with E-state index in [2.05, 4.69) is 0 Å². The van der Waals surface area contributed by atoms with E-state index in [0.29, 0.717) is 12.8 Å². The maximum absolute atomic E-state index is 12.6. The van der Waals surface area contributed by atoms with Gasteiger partial charge >= 0.3 is 0 Å². The van der Waals surface area contributed by atoms with Gasteiger partial charge in [0.15, 0.2) is 0 Å². The summed E-state index contributed by atoms with van der Waals surface area (Å²) in [6.45, 7) is 0. The molecule has 0 saturated heterocycles. The van der Waals surface area contributed by atoms with Crippen LogP contribution in [-0.2, 0) is 0 Å². The standard InChI is InChI=1S/C6H9F2I/c7-6(8)4-2-1-3-5(6)9/h5H,1-4H2. The Hall–Kier alpha value is 0.590. The van der Waals surface area contributed by atoms with Gasteiger partial charge in [0.05, 0.1) is 3.92 Å². The highest BCUT2D eigenvalue weighted by Gasteiger charge is 2.39. The van der Waals surface area contributed by atoms with Crippen LogP contribution in [0.3, 0.4) is 0 Å². The van der Waals surface area contributed by atoms with Crippen molar-refractivity contribution >= 4 is 22.6 Å². The summed E-state index contributed by atoms with van der Waals surface area (Å²) in [5.74, 6) is -2.38. The van der Waals surface area contributed by atoms with Crippen molar-refractivity contribution in [3.05, 3.63) is 0 Å². The molecule has 1 fully saturated rings. The van der Waals surface area contributed by atoms with Crippen molar-refractivity contribution in [2.45, 2.75) is 35.5 Å². The highest BCUT2D eigenvalue weighted by Crippen LogP contribution is 2.37. The number of hydrogen-bond acceptors (Lipinski definition) is 0. The van der Waals surface area contributed by atoms with Gasteiger partial charge in [0.25, 0.3) is 5.92 Å². The van der Waals surface area contributed by atoms with Crippen molar-refractivity contribution < 1.29 is 8.78 Å². The Morgan fingerprint density at radius 3 is 2.33 bits per heavy atom. The average molecular weight is 246 g/mol. The predicted molar refractivity (Wildman–Crippen MR) is 41.2 cm³/mol. The normalized spacial score (nSPS) is 34.3. The van der Waals surface area contributed by atoms with Gasteiger partial charge in [-0.1, -0.05) is 29.0 Å². The monoisotopic (exact) mass is 246 g/mol. The molecule has 1 aliphatic rings. The maximum atomic E-state index is 12.6. The SMILES string of the molecule is FC1(F)CCCCC1I. The van der Waals surface area contributed by atoms with Gasteiger partial charge in [-0.3, -0.25) is 0 Å². The fraction of sp³-hybridized carbons (Fsp3) is 1.00. The Morgan fingerprint density at radius 1 is 1.33 bits per heavy atom. The molecule has 9 heavy (non-hydrogen) atoms. The van der Waals surface area contributed by atoms with Crippen molar-refractivity contribution in [1.82, 2.24) is 0 Å². The Kier molecular flexibility index (Phi) is 2.29. The van der Waals surface area contributed by atoms with Gasteiger partial charge in [-0.25, -0.2) is 8.78 Å². The predicted octanol–water partition coefficient (Wildman–Crippen LogP) is 3.00. The molecule has 1 saturated carbocycles. The summed E-state index contributed by atoms with van der Waals surface area (Å²) in [6.07, 6.45) is 2.46. The zero-order valence-corrected chi connectivity index (χ0v) is 7.20. The molecule has 1 unspecified atom stereocenters. The number of hydrogen-bond donors (Lipinski definition) is 0. The van der Waals surface area contributed by atoms with Crippen LogP contribution in [0.15, 0.2) is 0 Å². The first-order valence-electron chi connectivity index (χ1n) is 3.15. The second-order valence-electron chi connectivity index (χ2n) is 2.47. The third-order valence-corrected chi connectivity index (χ3v) is 3.21. The van der Waals surface area contributed by atoms with Crippen LogP contribution >= 0.6 is 22.6 Å². The lowest BCUT2D eigenvalue weighted by molar-refractivity contribution is -0.0221. The van der Waals surface area contributed by atoms with Crippen LogP contribution in [0.25, 0.3) is 0 Å². The summed E-state index contributed by atoms with van der Waals surface area (Å²) < 4.78 is 24.8. The molecule has 0 nitrogen and oxygen atoms in total. The molecule has 54 valence electrons. The van der Waals surface area contributed by atoms with Crippen molar-refractivity contribution in [1.29, 1.82) is 0 Å². The Labute approximate surface area is 67.2 Å². The molecule has 0 bridgehead atoms. The van der Waals surface area contributed by atoms with E-state index >= 15 is 0 Å². The molecule has 1 atom stereocenters. The number of rotatable bonds is 0. The summed E-state index contributed by atoms with van der Waals surface area (Å²) >= 11 is 1.85. The summed E-state index contributed by atoms with van der Waals surface area (Å²) in [5.41, 5.74) is 0. The second kappa shape index (κ2) is 2.68. The molecule has 0 aliphatic heterocycles. The van der Waals surface area contributed by atoms with E-state index in [1.807, 2.05) is 22.6 Å².